The van der Waals surface area contributed by atoms with Crippen molar-refractivity contribution in [3.05, 3.63) is 29.8 Å². The molecule has 0 radical (unpaired) electrons. The van der Waals surface area contributed by atoms with Gasteiger partial charge in [0.2, 0.25) is 0 Å². The number of nitrogens with zero attached hydrogens (tertiary/aromatic N) is 2. The van der Waals surface area contributed by atoms with Crippen molar-refractivity contribution in [1.29, 1.82) is 5.26 Å². The Labute approximate surface area is 155 Å². The molecule has 0 unspecified atom stereocenters. The van der Waals surface area contributed by atoms with Crippen LogP contribution < -0.4 is 10.1 Å². The number of morpholine rings is 1. The first-order valence-corrected chi connectivity index (χ1v) is 9.45. The molecule has 0 spiro atoms. The van der Waals surface area contributed by atoms with E-state index in [1.807, 2.05) is 0 Å². The lowest BCUT2D eigenvalue weighted by Crippen LogP contribution is -2.60. The summed E-state index contributed by atoms with van der Waals surface area (Å²) < 4.78 is 11.0. The van der Waals surface area contributed by atoms with E-state index in [2.05, 4.69) is 16.3 Å². The van der Waals surface area contributed by atoms with Crippen LogP contribution in [0.5, 0.6) is 5.75 Å². The molecular weight excluding hydrogens is 330 g/mol. The van der Waals surface area contributed by atoms with E-state index in [1.54, 1.807) is 24.3 Å². The van der Waals surface area contributed by atoms with Crippen LogP contribution in [0.2, 0.25) is 0 Å². The first-order chi connectivity index (χ1) is 12.7. The maximum absolute atomic E-state index is 12.3. The third-order valence-electron chi connectivity index (χ3n) is 5.45. The van der Waals surface area contributed by atoms with E-state index >= 15 is 0 Å². The third kappa shape index (κ3) is 4.54. The van der Waals surface area contributed by atoms with Gasteiger partial charge in [-0.15, -0.1) is 0 Å². The van der Waals surface area contributed by atoms with E-state index in [9.17, 15) is 4.79 Å². The molecule has 140 valence electrons. The molecule has 1 heterocycles. The average Bonchev–Trinajstić information content (AvgIpc) is 2.72. The van der Waals surface area contributed by atoms with Crippen molar-refractivity contribution in [1.82, 2.24) is 10.2 Å². The first-order valence-electron chi connectivity index (χ1n) is 9.45. The number of rotatable bonds is 6. The summed E-state index contributed by atoms with van der Waals surface area (Å²) in [7, 11) is 0. The molecule has 1 aromatic rings. The summed E-state index contributed by atoms with van der Waals surface area (Å²) in [6.45, 7) is 3.98. The minimum atomic E-state index is -0.143. The molecule has 0 bridgehead atoms. The van der Waals surface area contributed by atoms with Gasteiger partial charge in [-0.1, -0.05) is 31.4 Å². The molecule has 1 amide bonds. The van der Waals surface area contributed by atoms with Gasteiger partial charge in [0.05, 0.1) is 18.8 Å². The second-order valence-corrected chi connectivity index (χ2v) is 7.06. The van der Waals surface area contributed by atoms with Crippen molar-refractivity contribution in [3.63, 3.8) is 0 Å². The fourth-order valence-electron chi connectivity index (χ4n) is 3.99. The lowest BCUT2D eigenvalue weighted by molar-refractivity contribution is -0.124. The zero-order chi connectivity index (χ0) is 18.2. The molecule has 2 aliphatic rings. The van der Waals surface area contributed by atoms with Crippen LogP contribution in [0.3, 0.4) is 0 Å². The van der Waals surface area contributed by atoms with Gasteiger partial charge in [0.25, 0.3) is 5.91 Å². The quantitative estimate of drug-likeness (QED) is 0.844. The van der Waals surface area contributed by atoms with E-state index in [-0.39, 0.29) is 18.1 Å². The number of nitrogens with one attached hydrogen (secondary N) is 1. The summed E-state index contributed by atoms with van der Waals surface area (Å²) in [4.78, 5) is 14.8. The third-order valence-corrected chi connectivity index (χ3v) is 5.45. The number of carbonyl (C=O) groups is 1. The van der Waals surface area contributed by atoms with Crippen molar-refractivity contribution in [3.8, 4) is 11.8 Å². The summed E-state index contributed by atoms with van der Waals surface area (Å²) in [5.41, 5.74) is 0.486. The number of nitriles is 1. The van der Waals surface area contributed by atoms with Gasteiger partial charge in [-0.2, -0.15) is 5.26 Å². The number of hydrogen-bond acceptors (Lipinski definition) is 5. The molecular formula is C20H27N3O3. The largest absolute Gasteiger partial charge is 0.482 e. The molecule has 3 rings (SSSR count). The number of benzene rings is 1. The molecule has 1 aliphatic heterocycles. The van der Waals surface area contributed by atoms with Crippen LogP contribution in [0.15, 0.2) is 24.3 Å². The van der Waals surface area contributed by atoms with Crippen LogP contribution >= 0.6 is 0 Å². The minimum absolute atomic E-state index is 0.0439. The molecule has 2 fully saturated rings. The fraction of sp³-hybridized carbons (Fsp3) is 0.600. The summed E-state index contributed by atoms with van der Waals surface area (Å²) in [5, 5.41) is 12.2. The Kier molecular flexibility index (Phi) is 6.48. The van der Waals surface area contributed by atoms with Crippen LogP contribution in [-0.2, 0) is 9.53 Å². The van der Waals surface area contributed by atoms with Crippen molar-refractivity contribution < 1.29 is 14.3 Å². The maximum atomic E-state index is 12.3. The lowest BCUT2D eigenvalue weighted by Gasteiger charge is -2.48. The Morgan fingerprint density at radius 2 is 1.96 bits per heavy atom. The normalized spacial score (nSPS) is 20.1. The number of amides is 1. The fourth-order valence-corrected chi connectivity index (χ4v) is 3.99. The molecule has 0 atom stereocenters. The van der Waals surface area contributed by atoms with Crippen LogP contribution in [0, 0.1) is 11.3 Å². The Morgan fingerprint density at radius 1 is 1.23 bits per heavy atom. The van der Waals surface area contributed by atoms with Gasteiger partial charge in [-0.05, 0) is 25.0 Å². The predicted octanol–water partition coefficient (Wildman–Crippen LogP) is 2.09. The summed E-state index contributed by atoms with van der Waals surface area (Å²) >= 11 is 0. The van der Waals surface area contributed by atoms with Gasteiger partial charge in [-0.25, -0.2) is 0 Å². The monoisotopic (exact) mass is 357 g/mol. The van der Waals surface area contributed by atoms with E-state index < -0.39 is 0 Å². The Morgan fingerprint density at radius 3 is 2.69 bits per heavy atom. The van der Waals surface area contributed by atoms with Crippen molar-refractivity contribution in [2.24, 2.45) is 0 Å². The van der Waals surface area contributed by atoms with E-state index in [1.165, 1.54) is 19.3 Å². The highest BCUT2D eigenvalue weighted by Gasteiger charge is 2.38. The van der Waals surface area contributed by atoms with Gasteiger partial charge in [0, 0.05) is 25.2 Å². The molecule has 1 N–H and O–H groups in total. The minimum Gasteiger partial charge on any atom is -0.482 e. The van der Waals surface area contributed by atoms with Crippen LogP contribution in [-0.4, -0.2) is 55.8 Å². The molecule has 0 aromatic heterocycles. The summed E-state index contributed by atoms with van der Waals surface area (Å²) in [5.74, 6) is 0.307. The SMILES string of the molecule is N#Cc1ccccc1OCC(=O)NCC1(N2CCOCC2)CCCCC1. The summed E-state index contributed by atoms with van der Waals surface area (Å²) in [6, 6.07) is 9.04. The van der Waals surface area contributed by atoms with E-state index in [0.717, 1.165) is 39.1 Å². The van der Waals surface area contributed by atoms with E-state index in [4.69, 9.17) is 14.7 Å². The smallest absolute Gasteiger partial charge is 0.258 e. The number of para-hydroxylation sites is 1. The average molecular weight is 357 g/mol. The molecule has 1 aromatic carbocycles. The van der Waals surface area contributed by atoms with Gasteiger partial charge < -0.3 is 14.8 Å². The van der Waals surface area contributed by atoms with Gasteiger partial charge in [0.15, 0.2) is 6.61 Å². The standard InChI is InChI=1S/C20H27N3O3/c21-14-17-6-2-3-7-18(17)26-15-19(24)22-16-20(8-4-1-5-9-20)23-10-12-25-13-11-23/h2-3,6-7H,1,4-5,8-13,15-16H2,(H,22,24). The van der Waals surface area contributed by atoms with E-state index in [0.29, 0.717) is 17.9 Å². The number of ether oxygens (including phenoxy) is 2. The predicted molar refractivity (Wildman–Crippen MR) is 97.9 cm³/mol. The Balaban J connectivity index is 1.55. The summed E-state index contributed by atoms with van der Waals surface area (Å²) in [6.07, 6.45) is 5.92. The van der Waals surface area contributed by atoms with Crippen LogP contribution in [0.1, 0.15) is 37.7 Å². The second kappa shape index (κ2) is 9.02. The second-order valence-electron chi connectivity index (χ2n) is 7.06. The van der Waals surface area contributed by atoms with Gasteiger partial charge in [-0.3, -0.25) is 9.69 Å². The topological polar surface area (TPSA) is 74.6 Å². The van der Waals surface area contributed by atoms with Crippen molar-refractivity contribution in [2.75, 3.05) is 39.5 Å². The first kappa shape index (κ1) is 18.7. The van der Waals surface area contributed by atoms with Crippen molar-refractivity contribution >= 4 is 5.91 Å². The number of carbonyl (C=O) groups excluding carboxylic acids is 1. The number of hydrogen-bond donors (Lipinski definition) is 1. The van der Waals surface area contributed by atoms with Crippen molar-refractivity contribution in [2.45, 2.75) is 37.6 Å². The van der Waals surface area contributed by atoms with Crippen LogP contribution in [0.25, 0.3) is 0 Å². The van der Waals surface area contributed by atoms with Gasteiger partial charge in [0.1, 0.15) is 11.8 Å². The zero-order valence-corrected chi connectivity index (χ0v) is 15.2. The van der Waals surface area contributed by atoms with Gasteiger partial charge >= 0.3 is 0 Å². The van der Waals surface area contributed by atoms with Crippen LogP contribution in [0.4, 0.5) is 0 Å². The molecule has 1 aliphatic carbocycles. The molecule has 1 saturated carbocycles. The Hall–Kier alpha value is -2.10. The molecule has 6 nitrogen and oxygen atoms in total. The molecule has 1 saturated heterocycles. The maximum Gasteiger partial charge on any atom is 0.258 e. The molecule has 6 heteroatoms. The highest BCUT2D eigenvalue weighted by molar-refractivity contribution is 5.77. The highest BCUT2D eigenvalue weighted by atomic mass is 16.5. The Bertz CT molecular complexity index is 644. The lowest BCUT2D eigenvalue weighted by atomic mass is 9.79. The highest BCUT2D eigenvalue weighted by Crippen LogP contribution is 2.33. The zero-order valence-electron chi connectivity index (χ0n) is 15.2. The molecule has 26 heavy (non-hydrogen) atoms.